The fraction of sp³-hybridized carbons (Fsp3) is 0.429. The molecule has 0 saturated carbocycles. The fourth-order valence-electron chi connectivity index (χ4n) is 2.02. The lowest BCUT2D eigenvalue weighted by molar-refractivity contribution is -0.137. The highest BCUT2D eigenvalue weighted by molar-refractivity contribution is 5.96. The van der Waals surface area contributed by atoms with Crippen molar-refractivity contribution in [1.82, 2.24) is 4.90 Å². The average molecular weight is 301 g/mol. The molecule has 0 unspecified atom stereocenters. The predicted octanol–water partition coefficient (Wildman–Crippen LogP) is 2.45. The van der Waals surface area contributed by atoms with Crippen LogP contribution in [0.2, 0.25) is 0 Å². The molecular formula is C14H17F2NO4. The van der Waals surface area contributed by atoms with Crippen LogP contribution in [-0.2, 0) is 4.79 Å². The van der Waals surface area contributed by atoms with Crippen LogP contribution in [0.25, 0.3) is 0 Å². The van der Waals surface area contributed by atoms with E-state index >= 15 is 0 Å². The third kappa shape index (κ3) is 4.40. The minimum atomic E-state index is -2.94. The number of halogens is 2. The monoisotopic (exact) mass is 301 g/mol. The van der Waals surface area contributed by atoms with E-state index in [1.807, 2.05) is 0 Å². The number of ether oxygens (including phenoxy) is 1. The van der Waals surface area contributed by atoms with E-state index in [9.17, 15) is 18.4 Å². The van der Waals surface area contributed by atoms with Gasteiger partial charge < -0.3 is 14.7 Å². The van der Waals surface area contributed by atoms with Crippen molar-refractivity contribution in [3.63, 3.8) is 0 Å². The van der Waals surface area contributed by atoms with Crippen molar-refractivity contribution in [2.75, 3.05) is 13.1 Å². The summed E-state index contributed by atoms with van der Waals surface area (Å²) in [5.74, 6) is -1.55. The first-order valence-corrected chi connectivity index (χ1v) is 6.33. The molecule has 0 saturated heterocycles. The highest BCUT2D eigenvalue weighted by Crippen LogP contribution is 2.27. The summed E-state index contributed by atoms with van der Waals surface area (Å²) in [6, 6.07) is 2.83. The summed E-state index contributed by atoms with van der Waals surface area (Å²) in [5.41, 5.74) is 1.03. The molecule has 1 aromatic rings. The molecule has 116 valence electrons. The lowest BCUT2D eigenvalue weighted by atomic mass is 10.0. The summed E-state index contributed by atoms with van der Waals surface area (Å²) < 4.78 is 29.0. The number of hydrogen-bond acceptors (Lipinski definition) is 3. The Hall–Kier alpha value is -2.18. The number of hydrogen-bond donors (Lipinski definition) is 1. The first kappa shape index (κ1) is 16.9. The van der Waals surface area contributed by atoms with Gasteiger partial charge in [-0.15, -0.1) is 0 Å². The van der Waals surface area contributed by atoms with Gasteiger partial charge in [0.15, 0.2) is 0 Å². The zero-order valence-corrected chi connectivity index (χ0v) is 12.0. The SMILES string of the molecule is CCN(CC(=O)O)C(=O)c1cc(C)c(OC(F)F)c(C)c1. The predicted molar refractivity (Wildman–Crippen MR) is 71.8 cm³/mol. The molecule has 7 heteroatoms. The number of rotatable bonds is 6. The molecule has 21 heavy (non-hydrogen) atoms. The molecule has 1 N–H and O–H groups in total. The smallest absolute Gasteiger partial charge is 0.387 e. The van der Waals surface area contributed by atoms with E-state index in [2.05, 4.69) is 4.74 Å². The molecule has 0 fully saturated rings. The summed E-state index contributed by atoms with van der Waals surface area (Å²) in [5, 5.41) is 8.77. The van der Waals surface area contributed by atoms with E-state index in [0.717, 1.165) is 4.90 Å². The summed E-state index contributed by atoms with van der Waals surface area (Å²) in [4.78, 5) is 24.1. The Labute approximate surface area is 121 Å². The van der Waals surface area contributed by atoms with Crippen molar-refractivity contribution in [3.05, 3.63) is 28.8 Å². The minimum absolute atomic E-state index is 0.0304. The van der Waals surface area contributed by atoms with Crippen LogP contribution in [0.5, 0.6) is 5.75 Å². The van der Waals surface area contributed by atoms with Gasteiger partial charge in [-0.25, -0.2) is 0 Å². The normalized spacial score (nSPS) is 10.6. The van der Waals surface area contributed by atoms with Gasteiger partial charge in [0.1, 0.15) is 12.3 Å². The van der Waals surface area contributed by atoms with Crippen molar-refractivity contribution in [2.24, 2.45) is 0 Å². The number of carbonyl (C=O) groups excluding carboxylic acids is 1. The Morgan fingerprint density at radius 3 is 2.19 bits per heavy atom. The lowest BCUT2D eigenvalue weighted by Gasteiger charge is -2.20. The van der Waals surface area contributed by atoms with Crippen LogP contribution < -0.4 is 4.74 Å². The number of nitrogens with zero attached hydrogens (tertiary/aromatic N) is 1. The van der Waals surface area contributed by atoms with Gasteiger partial charge >= 0.3 is 12.6 Å². The molecule has 0 aliphatic heterocycles. The lowest BCUT2D eigenvalue weighted by Crippen LogP contribution is -2.35. The zero-order valence-electron chi connectivity index (χ0n) is 12.0. The number of likely N-dealkylation sites (N-methyl/N-ethyl adjacent to an activating group) is 1. The van der Waals surface area contributed by atoms with Crippen molar-refractivity contribution in [1.29, 1.82) is 0 Å². The molecule has 0 radical (unpaired) electrons. The van der Waals surface area contributed by atoms with E-state index in [4.69, 9.17) is 5.11 Å². The number of carboxylic acid groups (broad SMARTS) is 1. The van der Waals surface area contributed by atoms with E-state index in [0.29, 0.717) is 11.1 Å². The van der Waals surface area contributed by atoms with Crippen molar-refractivity contribution in [2.45, 2.75) is 27.4 Å². The molecule has 5 nitrogen and oxygen atoms in total. The topological polar surface area (TPSA) is 66.8 Å². The van der Waals surface area contributed by atoms with Crippen LogP contribution in [0.15, 0.2) is 12.1 Å². The van der Waals surface area contributed by atoms with Crippen LogP contribution in [-0.4, -0.2) is 41.6 Å². The molecule has 0 bridgehead atoms. The summed E-state index contributed by atoms with van der Waals surface area (Å²) in [6.45, 7) is 1.64. The molecule has 0 atom stereocenters. The van der Waals surface area contributed by atoms with Gasteiger partial charge in [0.05, 0.1) is 0 Å². The molecule has 0 spiro atoms. The first-order valence-electron chi connectivity index (χ1n) is 6.33. The minimum Gasteiger partial charge on any atom is -0.480 e. The Balaban J connectivity index is 3.09. The molecule has 0 aliphatic rings. The van der Waals surface area contributed by atoms with E-state index in [1.165, 1.54) is 12.1 Å². The zero-order chi connectivity index (χ0) is 16.2. The summed E-state index contributed by atoms with van der Waals surface area (Å²) in [6.07, 6.45) is 0. The number of alkyl halides is 2. The van der Waals surface area contributed by atoms with Crippen LogP contribution in [0.4, 0.5) is 8.78 Å². The van der Waals surface area contributed by atoms with Gasteiger partial charge in [-0.05, 0) is 44.0 Å². The number of aliphatic carboxylic acids is 1. The first-order chi connectivity index (χ1) is 9.76. The maximum Gasteiger partial charge on any atom is 0.387 e. The summed E-state index contributed by atoms with van der Waals surface area (Å²) in [7, 11) is 0. The van der Waals surface area contributed by atoms with Crippen molar-refractivity contribution >= 4 is 11.9 Å². The number of aryl methyl sites for hydroxylation is 2. The number of carbonyl (C=O) groups is 2. The third-order valence-corrected chi connectivity index (χ3v) is 2.91. The highest BCUT2D eigenvalue weighted by atomic mass is 19.3. The Morgan fingerprint density at radius 1 is 1.29 bits per heavy atom. The maximum atomic E-state index is 12.3. The van der Waals surface area contributed by atoms with Crippen LogP contribution in [0, 0.1) is 13.8 Å². The van der Waals surface area contributed by atoms with Gasteiger partial charge in [-0.3, -0.25) is 9.59 Å². The Kier molecular flexibility index (Phi) is 5.63. The molecule has 1 amide bonds. The van der Waals surface area contributed by atoms with E-state index < -0.39 is 25.0 Å². The van der Waals surface area contributed by atoms with Crippen LogP contribution in [0.1, 0.15) is 28.4 Å². The van der Waals surface area contributed by atoms with Crippen molar-refractivity contribution < 1.29 is 28.2 Å². The average Bonchev–Trinajstić information content (AvgIpc) is 2.38. The highest BCUT2D eigenvalue weighted by Gasteiger charge is 2.19. The fourth-order valence-corrected chi connectivity index (χ4v) is 2.02. The van der Waals surface area contributed by atoms with Gasteiger partial charge in [0.25, 0.3) is 5.91 Å². The van der Waals surface area contributed by atoms with Gasteiger partial charge in [-0.2, -0.15) is 8.78 Å². The molecule has 1 rings (SSSR count). The molecule has 0 aromatic heterocycles. The van der Waals surface area contributed by atoms with E-state index in [-0.39, 0.29) is 17.9 Å². The van der Waals surface area contributed by atoms with Crippen LogP contribution in [0.3, 0.4) is 0 Å². The molecule has 1 aromatic carbocycles. The second-order valence-electron chi connectivity index (χ2n) is 4.53. The second kappa shape index (κ2) is 7.01. The second-order valence-corrected chi connectivity index (χ2v) is 4.53. The Bertz CT molecular complexity index is 523. The van der Waals surface area contributed by atoms with Gasteiger partial charge in [0, 0.05) is 12.1 Å². The Morgan fingerprint density at radius 2 is 1.81 bits per heavy atom. The van der Waals surface area contributed by atoms with Gasteiger partial charge in [-0.1, -0.05) is 0 Å². The number of amides is 1. The number of benzene rings is 1. The van der Waals surface area contributed by atoms with Crippen molar-refractivity contribution in [3.8, 4) is 5.75 Å². The quantitative estimate of drug-likeness (QED) is 0.876. The molecular weight excluding hydrogens is 284 g/mol. The van der Waals surface area contributed by atoms with E-state index in [1.54, 1.807) is 20.8 Å². The molecule has 0 heterocycles. The number of carboxylic acids is 1. The van der Waals surface area contributed by atoms with Gasteiger partial charge in [0.2, 0.25) is 0 Å². The summed E-state index contributed by atoms with van der Waals surface area (Å²) >= 11 is 0. The van der Waals surface area contributed by atoms with Crippen LogP contribution >= 0.6 is 0 Å². The standard InChI is InChI=1S/C14H17F2NO4/c1-4-17(7-11(18)19)13(20)10-5-8(2)12(9(3)6-10)21-14(15)16/h5-6,14H,4,7H2,1-3H3,(H,18,19). The third-order valence-electron chi connectivity index (χ3n) is 2.91. The molecule has 0 aliphatic carbocycles. The largest absolute Gasteiger partial charge is 0.480 e. The maximum absolute atomic E-state index is 12.3.